The molecule has 1 aliphatic heterocycles. The van der Waals surface area contributed by atoms with Crippen molar-refractivity contribution in [2.24, 2.45) is 5.92 Å². The molecule has 22 heavy (non-hydrogen) atoms. The summed E-state index contributed by atoms with van der Waals surface area (Å²) in [6, 6.07) is 3.62. The minimum absolute atomic E-state index is 0.00144. The number of nitrogens with zero attached hydrogens (tertiary/aromatic N) is 2. The van der Waals surface area contributed by atoms with E-state index in [1.54, 1.807) is 11.0 Å². The molecule has 0 aliphatic carbocycles. The molecule has 2 heterocycles. The van der Waals surface area contributed by atoms with Crippen LogP contribution in [0.4, 0.5) is 0 Å². The summed E-state index contributed by atoms with van der Waals surface area (Å²) in [5.41, 5.74) is 0. The lowest BCUT2D eigenvalue weighted by molar-refractivity contribution is -0.141. The molecule has 0 saturated carbocycles. The molecule has 0 aromatic carbocycles. The molecule has 0 atom stereocenters. The van der Waals surface area contributed by atoms with Crippen molar-refractivity contribution >= 4 is 28.9 Å². The van der Waals surface area contributed by atoms with E-state index in [-0.39, 0.29) is 36.4 Å². The van der Waals surface area contributed by atoms with Gasteiger partial charge in [-0.15, -0.1) is 11.3 Å². The molecular formula is C16H22N2O3S. The number of hydrogen-bond acceptors (Lipinski definition) is 4. The molecule has 1 aliphatic rings. The van der Waals surface area contributed by atoms with Gasteiger partial charge in [0.05, 0.1) is 4.88 Å². The van der Waals surface area contributed by atoms with Crippen molar-refractivity contribution < 1.29 is 14.4 Å². The van der Waals surface area contributed by atoms with Crippen LogP contribution in [0, 0.1) is 5.92 Å². The third kappa shape index (κ3) is 4.16. The minimum atomic E-state index is -0.00864. The van der Waals surface area contributed by atoms with Gasteiger partial charge >= 0.3 is 0 Å². The van der Waals surface area contributed by atoms with E-state index < -0.39 is 0 Å². The van der Waals surface area contributed by atoms with Crippen molar-refractivity contribution in [1.82, 2.24) is 9.80 Å². The number of hydrogen-bond donors (Lipinski definition) is 0. The van der Waals surface area contributed by atoms with E-state index in [2.05, 4.69) is 0 Å². The first-order valence-corrected chi connectivity index (χ1v) is 8.50. The number of Topliss-reactive ketones (excluding diaryl/α,β-unsaturated/α-hetero) is 1. The van der Waals surface area contributed by atoms with Crippen LogP contribution in [0.1, 0.15) is 36.4 Å². The molecule has 120 valence electrons. The molecule has 0 N–H and O–H groups in total. The summed E-state index contributed by atoms with van der Waals surface area (Å²) in [6.07, 6.45) is 0.499. The maximum absolute atomic E-state index is 12.2. The number of ketones is 1. The summed E-state index contributed by atoms with van der Waals surface area (Å²) in [5.74, 6) is 0.157. The van der Waals surface area contributed by atoms with Gasteiger partial charge in [0.1, 0.15) is 0 Å². The lowest BCUT2D eigenvalue weighted by Crippen LogP contribution is -2.51. The highest BCUT2D eigenvalue weighted by Crippen LogP contribution is 2.14. The van der Waals surface area contributed by atoms with Gasteiger partial charge in [-0.25, -0.2) is 0 Å². The molecular weight excluding hydrogens is 300 g/mol. The molecule has 0 radical (unpaired) electrons. The van der Waals surface area contributed by atoms with Crippen LogP contribution in [0.5, 0.6) is 0 Å². The molecule has 6 heteroatoms. The summed E-state index contributed by atoms with van der Waals surface area (Å²) in [6.45, 7) is 6.06. The Morgan fingerprint density at radius 2 is 1.73 bits per heavy atom. The van der Waals surface area contributed by atoms with Gasteiger partial charge in [0.2, 0.25) is 11.8 Å². The van der Waals surface area contributed by atoms with Crippen LogP contribution in [0.25, 0.3) is 0 Å². The molecule has 2 rings (SSSR count). The van der Waals surface area contributed by atoms with Crippen molar-refractivity contribution in [3.8, 4) is 0 Å². The van der Waals surface area contributed by atoms with Crippen LogP contribution < -0.4 is 0 Å². The monoisotopic (exact) mass is 322 g/mol. The molecule has 5 nitrogen and oxygen atoms in total. The van der Waals surface area contributed by atoms with Gasteiger partial charge in [-0.05, 0) is 11.4 Å². The van der Waals surface area contributed by atoms with Gasteiger partial charge in [0.25, 0.3) is 0 Å². The SMILES string of the molecule is CC(C)C(=O)N1CCN(C(=O)CCC(=O)c2cccs2)CC1. The average molecular weight is 322 g/mol. The molecule has 2 amide bonds. The van der Waals surface area contributed by atoms with Crippen LogP contribution in [0.3, 0.4) is 0 Å². The van der Waals surface area contributed by atoms with E-state index in [9.17, 15) is 14.4 Å². The van der Waals surface area contributed by atoms with Gasteiger partial charge < -0.3 is 9.80 Å². The highest BCUT2D eigenvalue weighted by Gasteiger charge is 2.25. The molecule has 0 unspecified atom stereocenters. The lowest BCUT2D eigenvalue weighted by Gasteiger charge is -2.35. The van der Waals surface area contributed by atoms with Crippen molar-refractivity contribution in [3.63, 3.8) is 0 Å². The predicted octanol–water partition coefficient (Wildman–Crippen LogP) is 2.04. The zero-order valence-electron chi connectivity index (χ0n) is 13.1. The fraction of sp³-hybridized carbons (Fsp3) is 0.562. The van der Waals surface area contributed by atoms with Gasteiger partial charge in [-0.3, -0.25) is 14.4 Å². The largest absolute Gasteiger partial charge is 0.339 e. The summed E-state index contributed by atoms with van der Waals surface area (Å²) < 4.78 is 0. The van der Waals surface area contributed by atoms with E-state index >= 15 is 0 Å². The third-order valence-corrected chi connectivity index (χ3v) is 4.71. The highest BCUT2D eigenvalue weighted by molar-refractivity contribution is 7.12. The number of amides is 2. The number of piperazine rings is 1. The maximum atomic E-state index is 12.2. The van der Waals surface area contributed by atoms with Crippen molar-refractivity contribution in [3.05, 3.63) is 22.4 Å². The Kier molecular flexibility index (Phi) is 5.71. The van der Waals surface area contributed by atoms with Crippen LogP contribution in [0.2, 0.25) is 0 Å². The van der Waals surface area contributed by atoms with E-state index in [0.717, 1.165) is 0 Å². The quantitative estimate of drug-likeness (QED) is 0.780. The molecule has 1 aromatic rings. The summed E-state index contributed by atoms with van der Waals surface area (Å²) in [4.78, 5) is 40.2. The maximum Gasteiger partial charge on any atom is 0.225 e. The van der Waals surface area contributed by atoms with E-state index in [4.69, 9.17) is 0 Å². The first kappa shape index (κ1) is 16.7. The number of carbonyl (C=O) groups is 3. The Labute approximate surface area is 134 Å². The Morgan fingerprint density at radius 3 is 2.27 bits per heavy atom. The first-order chi connectivity index (χ1) is 10.5. The first-order valence-electron chi connectivity index (χ1n) is 7.62. The fourth-order valence-electron chi connectivity index (χ4n) is 2.48. The number of rotatable bonds is 5. The van der Waals surface area contributed by atoms with Crippen LogP contribution in [-0.4, -0.2) is 53.6 Å². The van der Waals surface area contributed by atoms with Crippen LogP contribution in [-0.2, 0) is 9.59 Å². The lowest BCUT2D eigenvalue weighted by atomic mass is 10.1. The normalized spacial score (nSPS) is 15.2. The second-order valence-corrected chi connectivity index (χ2v) is 6.71. The summed E-state index contributed by atoms with van der Waals surface area (Å²) >= 11 is 1.41. The number of thiophene rings is 1. The zero-order valence-corrected chi connectivity index (χ0v) is 13.9. The molecule has 0 spiro atoms. The van der Waals surface area contributed by atoms with Crippen LogP contribution in [0.15, 0.2) is 17.5 Å². The smallest absolute Gasteiger partial charge is 0.225 e. The predicted molar refractivity (Wildman–Crippen MR) is 85.9 cm³/mol. The molecule has 1 fully saturated rings. The Bertz CT molecular complexity index is 532. The Hall–Kier alpha value is -1.69. The van der Waals surface area contributed by atoms with Gasteiger partial charge in [-0.2, -0.15) is 0 Å². The fourth-order valence-corrected chi connectivity index (χ4v) is 3.17. The minimum Gasteiger partial charge on any atom is -0.339 e. The van der Waals surface area contributed by atoms with Crippen molar-refractivity contribution in [2.45, 2.75) is 26.7 Å². The Morgan fingerprint density at radius 1 is 1.09 bits per heavy atom. The zero-order chi connectivity index (χ0) is 16.1. The summed E-state index contributed by atoms with van der Waals surface area (Å²) in [5, 5.41) is 1.86. The molecule has 0 bridgehead atoms. The van der Waals surface area contributed by atoms with E-state index in [0.29, 0.717) is 31.1 Å². The summed E-state index contributed by atoms with van der Waals surface area (Å²) in [7, 11) is 0. The van der Waals surface area contributed by atoms with Gasteiger partial charge in [0, 0.05) is 44.9 Å². The second-order valence-electron chi connectivity index (χ2n) is 5.76. The van der Waals surface area contributed by atoms with Crippen molar-refractivity contribution in [2.75, 3.05) is 26.2 Å². The number of carbonyl (C=O) groups excluding carboxylic acids is 3. The highest BCUT2D eigenvalue weighted by atomic mass is 32.1. The third-order valence-electron chi connectivity index (χ3n) is 3.80. The molecule has 1 aromatic heterocycles. The average Bonchev–Trinajstić information content (AvgIpc) is 3.06. The van der Waals surface area contributed by atoms with Crippen LogP contribution >= 0.6 is 11.3 Å². The Balaban J connectivity index is 1.76. The van der Waals surface area contributed by atoms with E-state index in [1.165, 1.54) is 11.3 Å². The molecule has 1 saturated heterocycles. The van der Waals surface area contributed by atoms with Crippen molar-refractivity contribution in [1.29, 1.82) is 0 Å². The van der Waals surface area contributed by atoms with E-state index in [1.807, 2.05) is 30.2 Å². The topological polar surface area (TPSA) is 57.7 Å². The van der Waals surface area contributed by atoms with Gasteiger partial charge in [-0.1, -0.05) is 19.9 Å². The standard InChI is InChI=1S/C16H22N2O3S/c1-12(2)16(21)18-9-7-17(8-10-18)15(20)6-5-13(19)14-4-3-11-22-14/h3-4,11-12H,5-10H2,1-2H3. The second kappa shape index (κ2) is 7.54. The van der Waals surface area contributed by atoms with Gasteiger partial charge in [0.15, 0.2) is 5.78 Å².